The van der Waals surface area contributed by atoms with Gasteiger partial charge < -0.3 is 16.0 Å². The van der Waals surface area contributed by atoms with Crippen molar-refractivity contribution in [3.05, 3.63) is 0 Å². The number of nitrogens with two attached hydrogens (primary N) is 1. The molecule has 21 heavy (non-hydrogen) atoms. The number of nitrogens with zero attached hydrogens (tertiary/aromatic N) is 1. The minimum Gasteiger partial charge on any atom is -0.368 e. The second-order valence-electron chi connectivity index (χ2n) is 6.30. The molecule has 0 aromatic heterocycles. The first-order chi connectivity index (χ1) is 9.78. The quantitative estimate of drug-likeness (QED) is 0.833. The number of hydrogen-bond donors (Lipinski definition) is 2. The van der Waals surface area contributed by atoms with Crippen molar-refractivity contribution in [1.29, 1.82) is 0 Å². The number of likely N-dealkylation sites (tertiary alicyclic amines) is 1. The maximum atomic E-state index is 12.7. The predicted octanol–water partition coefficient (Wildman–Crippen LogP) is 1.65. The van der Waals surface area contributed by atoms with Gasteiger partial charge in [-0.25, -0.2) is 0 Å². The molecule has 2 fully saturated rings. The number of nitrogens with one attached hydrogen (secondary N) is 1. The molecule has 1 heterocycles. The number of hydrogen-bond acceptors (Lipinski definition) is 3. The summed E-state index contributed by atoms with van der Waals surface area (Å²) in [5.41, 5.74) is 4.81. The number of carbonyl (C=O) groups excluding carboxylic acids is 1. The first kappa shape index (κ1) is 16.5. The van der Waals surface area contributed by atoms with Gasteiger partial charge in [-0.1, -0.05) is 0 Å². The molecule has 0 aromatic rings. The van der Waals surface area contributed by atoms with E-state index in [1.807, 2.05) is 0 Å². The molecular weight excluding hydrogens is 283 g/mol. The van der Waals surface area contributed by atoms with Gasteiger partial charge in [0.2, 0.25) is 5.91 Å². The maximum Gasteiger partial charge on any atom is 0.391 e. The molecule has 1 saturated heterocycles. The van der Waals surface area contributed by atoms with Crippen LogP contribution in [0.25, 0.3) is 0 Å². The second-order valence-corrected chi connectivity index (χ2v) is 6.30. The molecule has 1 aliphatic carbocycles. The van der Waals surface area contributed by atoms with Crippen LogP contribution in [0.1, 0.15) is 38.5 Å². The molecule has 2 unspecified atom stereocenters. The van der Waals surface area contributed by atoms with E-state index in [9.17, 15) is 18.0 Å². The number of carbonyl (C=O) groups is 1. The van der Waals surface area contributed by atoms with Crippen molar-refractivity contribution in [3.8, 4) is 0 Å². The Morgan fingerprint density at radius 1 is 1.29 bits per heavy atom. The van der Waals surface area contributed by atoms with Gasteiger partial charge in [0.1, 0.15) is 0 Å². The highest BCUT2D eigenvalue weighted by Crippen LogP contribution is 2.37. The predicted molar refractivity (Wildman–Crippen MR) is 73.6 cm³/mol. The van der Waals surface area contributed by atoms with E-state index >= 15 is 0 Å². The highest BCUT2D eigenvalue weighted by Gasteiger charge is 2.45. The first-order valence-corrected chi connectivity index (χ1v) is 7.58. The number of likely N-dealkylation sites (N-methyl/N-ethyl adjacent to an activating group) is 1. The van der Waals surface area contributed by atoms with Gasteiger partial charge in [0.05, 0.1) is 11.5 Å². The third-order valence-electron chi connectivity index (χ3n) is 5.18. The SMILES string of the molecule is CNC1(C(N)=O)CCCC(N2CCC(C(F)(F)F)CC2)C1. The van der Waals surface area contributed by atoms with E-state index in [0.717, 1.165) is 12.8 Å². The summed E-state index contributed by atoms with van der Waals surface area (Å²) >= 11 is 0. The van der Waals surface area contributed by atoms with Crippen LogP contribution in [0.15, 0.2) is 0 Å². The summed E-state index contributed by atoms with van der Waals surface area (Å²) in [5.74, 6) is -1.54. The summed E-state index contributed by atoms with van der Waals surface area (Å²) in [6.45, 7) is 0.904. The highest BCUT2D eigenvalue weighted by molar-refractivity contribution is 5.84. The molecule has 0 aromatic carbocycles. The van der Waals surface area contributed by atoms with Crippen molar-refractivity contribution in [3.63, 3.8) is 0 Å². The third-order valence-corrected chi connectivity index (χ3v) is 5.18. The number of rotatable bonds is 3. The van der Waals surface area contributed by atoms with Gasteiger partial charge >= 0.3 is 6.18 Å². The van der Waals surface area contributed by atoms with Crippen LogP contribution in [0.2, 0.25) is 0 Å². The zero-order chi connectivity index (χ0) is 15.7. The molecule has 2 atom stereocenters. The van der Waals surface area contributed by atoms with Crippen molar-refractivity contribution in [1.82, 2.24) is 10.2 Å². The lowest BCUT2D eigenvalue weighted by Gasteiger charge is -2.45. The monoisotopic (exact) mass is 307 g/mol. The van der Waals surface area contributed by atoms with Crippen LogP contribution in [0, 0.1) is 5.92 Å². The molecule has 122 valence electrons. The second kappa shape index (κ2) is 6.12. The van der Waals surface area contributed by atoms with Gasteiger partial charge in [0.15, 0.2) is 0 Å². The Balaban J connectivity index is 1.96. The molecule has 2 aliphatic rings. The standard InChI is InChI=1S/C14H24F3N3O/c1-19-13(12(18)21)6-2-3-11(9-13)20-7-4-10(5-8-20)14(15,16)17/h10-11,19H,2-9H2,1H3,(H2,18,21). The van der Waals surface area contributed by atoms with E-state index in [2.05, 4.69) is 10.2 Å². The summed E-state index contributed by atoms with van der Waals surface area (Å²) < 4.78 is 38.1. The topological polar surface area (TPSA) is 58.4 Å². The summed E-state index contributed by atoms with van der Waals surface area (Å²) in [5, 5.41) is 3.04. The van der Waals surface area contributed by atoms with E-state index in [1.54, 1.807) is 7.05 Å². The molecule has 7 heteroatoms. The molecule has 0 bridgehead atoms. The smallest absolute Gasteiger partial charge is 0.368 e. The van der Waals surface area contributed by atoms with Crippen molar-refractivity contribution in [2.24, 2.45) is 11.7 Å². The third kappa shape index (κ3) is 3.51. The minimum atomic E-state index is -4.08. The zero-order valence-electron chi connectivity index (χ0n) is 12.4. The van der Waals surface area contributed by atoms with E-state index < -0.39 is 17.6 Å². The van der Waals surface area contributed by atoms with Gasteiger partial charge in [0.25, 0.3) is 0 Å². The normalized spacial score (nSPS) is 33.0. The first-order valence-electron chi connectivity index (χ1n) is 7.58. The van der Waals surface area contributed by atoms with E-state index in [-0.39, 0.29) is 24.8 Å². The lowest BCUT2D eigenvalue weighted by Crippen LogP contribution is -2.60. The van der Waals surface area contributed by atoms with E-state index in [1.165, 1.54) is 0 Å². The lowest BCUT2D eigenvalue weighted by atomic mass is 9.77. The van der Waals surface area contributed by atoms with Gasteiger partial charge in [-0.3, -0.25) is 4.79 Å². The van der Waals surface area contributed by atoms with Gasteiger partial charge in [0, 0.05) is 6.04 Å². The molecule has 0 radical (unpaired) electrons. The minimum absolute atomic E-state index is 0.146. The van der Waals surface area contributed by atoms with E-state index in [0.29, 0.717) is 25.9 Å². The molecular formula is C14H24F3N3O. The number of alkyl halides is 3. The Morgan fingerprint density at radius 2 is 1.90 bits per heavy atom. The molecule has 2 rings (SSSR count). The van der Waals surface area contributed by atoms with Crippen molar-refractivity contribution < 1.29 is 18.0 Å². The molecule has 1 amide bonds. The van der Waals surface area contributed by atoms with Crippen LogP contribution in [0.4, 0.5) is 13.2 Å². The Bertz CT molecular complexity index is 380. The fourth-order valence-electron chi connectivity index (χ4n) is 3.72. The van der Waals surface area contributed by atoms with Crippen LogP contribution in [-0.2, 0) is 4.79 Å². The largest absolute Gasteiger partial charge is 0.391 e. The Labute approximate surface area is 123 Å². The van der Waals surface area contributed by atoms with Crippen molar-refractivity contribution in [2.45, 2.75) is 56.3 Å². The van der Waals surface area contributed by atoms with Crippen LogP contribution in [0.3, 0.4) is 0 Å². The number of piperidine rings is 1. The average molecular weight is 307 g/mol. The summed E-state index contributed by atoms with van der Waals surface area (Å²) in [7, 11) is 1.73. The fourth-order valence-corrected chi connectivity index (χ4v) is 3.72. The summed E-state index contributed by atoms with van der Waals surface area (Å²) in [6.07, 6.45) is -0.683. The Hall–Kier alpha value is -0.820. The molecule has 0 spiro atoms. The van der Waals surface area contributed by atoms with Crippen molar-refractivity contribution in [2.75, 3.05) is 20.1 Å². The molecule has 4 nitrogen and oxygen atoms in total. The van der Waals surface area contributed by atoms with Gasteiger partial charge in [-0.2, -0.15) is 13.2 Å². The Morgan fingerprint density at radius 3 is 2.38 bits per heavy atom. The van der Waals surface area contributed by atoms with Crippen LogP contribution in [-0.4, -0.2) is 48.7 Å². The molecule has 1 aliphatic heterocycles. The zero-order valence-corrected chi connectivity index (χ0v) is 12.4. The summed E-state index contributed by atoms with van der Waals surface area (Å²) in [4.78, 5) is 13.8. The van der Waals surface area contributed by atoms with E-state index in [4.69, 9.17) is 5.73 Å². The number of primary amides is 1. The van der Waals surface area contributed by atoms with Gasteiger partial charge in [-0.15, -0.1) is 0 Å². The number of amides is 1. The molecule has 3 N–H and O–H groups in total. The number of halogens is 3. The molecule has 1 saturated carbocycles. The van der Waals surface area contributed by atoms with Crippen LogP contribution < -0.4 is 11.1 Å². The highest BCUT2D eigenvalue weighted by atomic mass is 19.4. The fraction of sp³-hybridized carbons (Fsp3) is 0.929. The average Bonchev–Trinajstić information content (AvgIpc) is 2.46. The van der Waals surface area contributed by atoms with Crippen LogP contribution >= 0.6 is 0 Å². The van der Waals surface area contributed by atoms with Crippen LogP contribution in [0.5, 0.6) is 0 Å². The Kier molecular flexibility index (Phi) is 4.82. The maximum absolute atomic E-state index is 12.7. The lowest BCUT2D eigenvalue weighted by molar-refractivity contribution is -0.186. The van der Waals surface area contributed by atoms with Crippen molar-refractivity contribution >= 4 is 5.91 Å². The summed E-state index contributed by atoms with van der Waals surface area (Å²) in [6, 6.07) is 0.146. The van der Waals surface area contributed by atoms with Gasteiger partial charge in [-0.05, 0) is 58.7 Å².